The van der Waals surface area contributed by atoms with Crippen molar-refractivity contribution in [3.05, 3.63) is 123 Å². The van der Waals surface area contributed by atoms with Gasteiger partial charge in [0.05, 0.1) is 17.8 Å². The Morgan fingerprint density at radius 3 is 2.57 bits per heavy atom. The first-order chi connectivity index (χ1) is 17.9. The fraction of sp³-hybridized carbons (Fsp3) is 0.103. The molecule has 5 rings (SSSR count). The summed E-state index contributed by atoms with van der Waals surface area (Å²) in [5, 5.41) is 6.44. The minimum atomic E-state index is -0.630. The van der Waals surface area contributed by atoms with E-state index in [9.17, 15) is 9.59 Å². The minimum absolute atomic E-state index is 0.128. The van der Waals surface area contributed by atoms with Gasteiger partial charge >= 0.3 is 0 Å². The Morgan fingerprint density at radius 1 is 1.00 bits per heavy atom. The molecule has 1 aliphatic heterocycles. The second-order valence-corrected chi connectivity index (χ2v) is 10.0. The number of hydrogen-bond acceptors (Lipinski definition) is 4. The van der Waals surface area contributed by atoms with Gasteiger partial charge < -0.3 is 10.6 Å². The highest BCUT2D eigenvalue weighted by atomic mass is 79.9. The van der Waals surface area contributed by atoms with Crippen molar-refractivity contribution in [1.29, 1.82) is 0 Å². The molecule has 8 heteroatoms. The third kappa shape index (κ3) is 6.13. The molecular formula is C29H22BrClN4O2. The molecule has 1 unspecified atom stereocenters. The Balaban J connectivity index is 1.43. The fourth-order valence-electron chi connectivity index (χ4n) is 4.19. The number of hydrogen-bond donors (Lipinski definition) is 2. The number of fused-ring (bicyclic) bond motifs is 1. The van der Waals surface area contributed by atoms with Gasteiger partial charge in [0.15, 0.2) is 0 Å². The summed E-state index contributed by atoms with van der Waals surface area (Å²) >= 11 is 9.74. The molecule has 4 aromatic rings. The zero-order valence-electron chi connectivity index (χ0n) is 19.6. The summed E-state index contributed by atoms with van der Waals surface area (Å²) in [5.41, 5.74) is 5.40. The number of benzodiazepines with no additional fused rings is 1. The molecule has 0 fully saturated rings. The van der Waals surface area contributed by atoms with Crippen LogP contribution in [0.4, 0.5) is 11.4 Å². The largest absolute Gasteiger partial charge is 0.326 e. The van der Waals surface area contributed by atoms with E-state index in [1.807, 2.05) is 60.7 Å². The number of pyridine rings is 1. The number of halogens is 2. The Kier molecular flexibility index (Phi) is 7.44. The zero-order valence-corrected chi connectivity index (χ0v) is 22.0. The summed E-state index contributed by atoms with van der Waals surface area (Å²) in [6, 6.07) is 23.7. The van der Waals surface area contributed by atoms with Gasteiger partial charge in [-0.05, 0) is 59.7 Å². The van der Waals surface area contributed by atoms with Gasteiger partial charge in [-0.15, -0.1) is 0 Å². The Bertz CT molecular complexity index is 1490. The van der Waals surface area contributed by atoms with Crippen molar-refractivity contribution in [2.45, 2.75) is 18.9 Å². The third-order valence-corrected chi connectivity index (χ3v) is 6.66. The van der Waals surface area contributed by atoms with Crippen molar-refractivity contribution in [3.63, 3.8) is 0 Å². The molecule has 0 saturated heterocycles. The van der Waals surface area contributed by atoms with Crippen LogP contribution in [0.25, 0.3) is 0 Å². The number of aliphatic imine (C=N–C) groups is 1. The van der Waals surface area contributed by atoms with Gasteiger partial charge in [-0.2, -0.15) is 0 Å². The fourth-order valence-corrected chi connectivity index (χ4v) is 4.81. The first kappa shape index (κ1) is 24.9. The smallest absolute Gasteiger partial charge is 0.249 e. The number of benzene rings is 3. The van der Waals surface area contributed by atoms with Gasteiger partial charge in [-0.1, -0.05) is 57.9 Å². The highest BCUT2D eigenvalue weighted by Crippen LogP contribution is 2.29. The van der Waals surface area contributed by atoms with E-state index in [0.717, 1.165) is 26.7 Å². The molecule has 1 aliphatic rings. The molecule has 3 aromatic carbocycles. The van der Waals surface area contributed by atoms with Crippen molar-refractivity contribution < 1.29 is 9.59 Å². The van der Waals surface area contributed by atoms with E-state index in [-0.39, 0.29) is 18.2 Å². The average Bonchev–Trinajstić information content (AvgIpc) is 3.01. The maximum absolute atomic E-state index is 13.2. The topological polar surface area (TPSA) is 83.5 Å². The number of carbonyl (C=O) groups is 2. The molecule has 1 aromatic heterocycles. The van der Waals surface area contributed by atoms with Crippen LogP contribution < -0.4 is 10.6 Å². The van der Waals surface area contributed by atoms with Gasteiger partial charge in [-0.3, -0.25) is 19.6 Å². The molecule has 2 heterocycles. The van der Waals surface area contributed by atoms with Crippen LogP contribution in [-0.2, 0) is 22.4 Å². The van der Waals surface area contributed by atoms with Crippen LogP contribution in [0, 0.1) is 0 Å². The van der Waals surface area contributed by atoms with E-state index in [2.05, 4.69) is 31.5 Å². The summed E-state index contributed by atoms with van der Waals surface area (Å²) in [6.07, 6.45) is 4.03. The summed E-state index contributed by atoms with van der Waals surface area (Å²) in [5.74, 6) is -0.325. The van der Waals surface area contributed by atoms with Gasteiger partial charge in [0, 0.05) is 45.1 Å². The molecule has 0 radical (unpaired) electrons. The van der Waals surface area contributed by atoms with E-state index in [1.165, 1.54) is 0 Å². The van der Waals surface area contributed by atoms with Gasteiger partial charge in [-0.25, -0.2) is 0 Å². The van der Waals surface area contributed by atoms with Crippen molar-refractivity contribution in [3.8, 4) is 0 Å². The van der Waals surface area contributed by atoms with Crippen molar-refractivity contribution >= 4 is 56.4 Å². The number of nitrogens with one attached hydrogen (secondary N) is 2. The second kappa shape index (κ2) is 11.1. The number of anilines is 2. The lowest BCUT2D eigenvalue weighted by atomic mass is 10.00. The molecule has 184 valence electrons. The van der Waals surface area contributed by atoms with E-state index in [1.54, 1.807) is 30.6 Å². The quantitative estimate of drug-likeness (QED) is 0.293. The van der Waals surface area contributed by atoms with Crippen molar-refractivity contribution in [2.24, 2.45) is 4.99 Å². The Hall–Kier alpha value is -3.81. The molecule has 0 saturated carbocycles. The lowest BCUT2D eigenvalue weighted by Gasteiger charge is -2.12. The van der Waals surface area contributed by atoms with Gasteiger partial charge in [0.2, 0.25) is 11.8 Å². The maximum Gasteiger partial charge on any atom is 0.249 e. The molecule has 2 N–H and O–H groups in total. The highest BCUT2D eigenvalue weighted by Gasteiger charge is 2.26. The Morgan fingerprint density at radius 2 is 1.81 bits per heavy atom. The molecule has 2 amide bonds. The minimum Gasteiger partial charge on any atom is -0.326 e. The molecule has 0 bridgehead atoms. The predicted octanol–water partition coefficient (Wildman–Crippen LogP) is 6.08. The summed E-state index contributed by atoms with van der Waals surface area (Å²) in [6.45, 7) is 0. The zero-order chi connectivity index (χ0) is 25.8. The first-order valence-electron chi connectivity index (χ1n) is 11.7. The van der Waals surface area contributed by atoms with Crippen LogP contribution in [0.5, 0.6) is 0 Å². The molecular weight excluding hydrogens is 552 g/mol. The number of amides is 2. The van der Waals surface area contributed by atoms with E-state index >= 15 is 0 Å². The first-order valence-corrected chi connectivity index (χ1v) is 12.8. The second-order valence-electron chi connectivity index (χ2n) is 8.67. The van der Waals surface area contributed by atoms with Crippen LogP contribution in [0.3, 0.4) is 0 Å². The van der Waals surface area contributed by atoms with Gasteiger partial charge in [0.25, 0.3) is 0 Å². The average molecular weight is 574 g/mol. The molecule has 0 aliphatic carbocycles. The van der Waals surface area contributed by atoms with Crippen molar-refractivity contribution in [2.75, 3.05) is 10.6 Å². The summed E-state index contributed by atoms with van der Waals surface area (Å²) < 4.78 is 0.944. The predicted molar refractivity (Wildman–Crippen MR) is 150 cm³/mol. The van der Waals surface area contributed by atoms with E-state index < -0.39 is 6.04 Å². The molecule has 1 atom stereocenters. The summed E-state index contributed by atoms with van der Waals surface area (Å²) in [4.78, 5) is 34.6. The number of nitrogens with zero attached hydrogens (tertiary/aromatic N) is 2. The lowest BCUT2D eigenvalue weighted by molar-refractivity contribution is -0.117. The van der Waals surface area contributed by atoms with Gasteiger partial charge in [0.1, 0.15) is 6.04 Å². The van der Waals surface area contributed by atoms with Crippen LogP contribution >= 0.6 is 27.5 Å². The standard InChI is InChI=1S/C29H22BrClN4O2/c30-21-5-1-3-18(13-21)14-26-29(37)35-25-16-22(31)8-11-24(25)28(34-26)20-6-9-23(10-7-20)33-27(36)15-19-4-2-12-32-17-19/h1-13,16-17,26H,14-15H2,(H,33,36)(H,35,37). The molecule has 6 nitrogen and oxygen atoms in total. The Labute approximate surface area is 227 Å². The number of aromatic nitrogens is 1. The monoisotopic (exact) mass is 572 g/mol. The van der Waals surface area contributed by atoms with Crippen LogP contribution in [0.15, 0.2) is 101 Å². The highest BCUT2D eigenvalue weighted by molar-refractivity contribution is 9.10. The lowest BCUT2D eigenvalue weighted by Crippen LogP contribution is -2.27. The SMILES string of the molecule is O=C(Cc1cccnc1)Nc1ccc(C2=NC(Cc3cccc(Br)c3)C(=O)Nc3cc(Cl)ccc32)cc1. The maximum atomic E-state index is 13.2. The van der Waals surface area contributed by atoms with Crippen molar-refractivity contribution in [1.82, 2.24) is 4.98 Å². The van der Waals surface area contributed by atoms with E-state index in [0.29, 0.717) is 28.5 Å². The summed E-state index contributed by atoms with van der Waals surface area (Å²) in [7, 11) is 0. The number of carbonyl (C=O) groups excluding carboxylic acids is 2. The molecule has 37 heavy (non-hydrogen) atoms. The van der Waals surface area contributed by atoms with E-state index in [4.69, 9.17) is 16.6 Å². The third-order valence-electron chi connectivity index (χ3n) is 5.93. The van der Waals surface area contributed by atoms with Crippen LogP contribution in [-0.4, -0.2) is 28.6 Å². The number of rotatable bonds is 6. The van der Waals surface area contributed by atoms with Crippen LogP contribution in [0.1, 0.15) is 22.3 Å². The normalized spacial score (nSPS) is 14.7. The molecule has 0 spiro atoms. The van der Waals surface area contributed by atoms with Crippen LogP contribution in [0.2, 0.25) is 5.02 Å².